The van der Waals surface area contributed by atoms with Gasteiger partial charge in [-0.3, -0.25) is 4.79 Å². The quantitative estimate of drug-likeness (QED) is 0.696. The van der Waals surface area contributed by atoms with Crippen molar-refractivity contribution in [2.24, 2.45) is 5.92 Å². The van der Waals surface area contributed by atoms with Crippen LogP contribution in [0.1, 0.15) is 46.3 Å². The van der Waals surface area contributed by atoms with Gasteiger partial charge < -0.3 is 9.32 Å². The van der Waals surface area contributed by atoms with Gasteiger partial charge in [-0.15, -0.1) is 0 Å². The molecule has 1 amide bonds. The van der Waals surface area contributed by atoms with E-state index in [9.17, 15) is 4.79 Å². The normalized spacial score (nSPS) is 13.1. The van der Waals surface area contributed by atoms with E-state index < -0.39 is 0 Å². The number of allylic oxidation sites excluding steroid dienone is 1. The van der Waals surface area contributed by atoms with Crippen LogP contribution in [0.25, 0.3) is 0 Å². The molecular weight excluding hydrogens is 238 g/mol. The Balaban J connectivity index is 2.73. The van der Waals surface area contributed by atoms with Crippen LogP contribution in [0.2, 0.25) is 0 Å². The number of rotatable bonds is 7. The first-order valence-electron chi connectivity index (χ1n) is 7.03. The average Bonchev–Trinajstić information content (AvgIpc) is 2.88. The van der Waals surface area contributed by atoms with Crippen molar-refractivity contribution >= 4 is 5.91 Å². The zero-order chi connectivity index (χ0) is 14.3. The maximum atomic E-state index is 12.3. The van der Waals surface area contributed by atoms with E-state index in [1.165, 1.54) is 0 Å². The molecule has 0 fully saturated rings. The first-order chi connectivity index (χ1) is 9.06. The van der Waals surface area contributed by atoms with E-state index in [-0.39, 0.29) is 11.9 Å². The first kappa shape index (κ1) is 15.5. The van der Waals surface area contributed by atoms with Gasteiger partial charge in [-0.05, 0) is 31.4 Å². The van der Waals surface area contributed by atoms with E-state index in [1.54, 1.807) is 6.26 Å². The number of carbonyl (C=O) groups is 1. The highest BCUT2D eigenvalue weighted by Crippen LogP contribution is 2.16. The van der Waals surface area contributed by atoms with Crippen LogP contribution in [0, 0.1) is 5.92 Å². The number of nitrogens with zero attached hydrogens (tertiary/aromatic N) is 1. The largest absolute Gasteiger partial charge is 0.467 e. The van der Waals surface area contributed by atoms with E-state index in [2.05, 4.69) is 27.7 Å². The summed E-state index contributed by atoms with van der Waals surface area (Å²) in [5.74, 6) is 1.41. The second-order valence-corrected chi connectivity index (χ2v) is 5.17. The lowest BCUT2D eigenvalue weighted by atomic mass is 10.0. The predicted molar refractivity (Wildman–Crippen MR) is 77.6 cm³/mol. The van der Waals surface area contributed by atoms with Gasteiger partial charge in [-0.1, -0.05) is 32.9 Å². The van der Waals surface area contributed by atoms with Crippen LogP contribution < -0.4 is 0 Å². The number of hydrogen-bond donors (Lipinski definition) is 0. The maximum absolute atomic E-state index is 12.3. The van der Waals surface area contributed by atoms with Gasteiger partial charge in [0.1, 0.15) is 5.76 Å². The SMILES string of the molecule is CC/C=C/CC(=O)N(Cc1ccco1)[C@H](C)C(C)C. The van der Waals surface area contributed by atoms with E-state index >= 15 is 0 Å². The highest BCUT2D eigenvalue weighted by atomic mass is 16.3. The van der Waals surface area contributed by atoms with Gasteiger partial charge in [0.05, 0.1) is 12.8 Å². The zero-order valence-corrected chi connectivity index (χ0v) is 12.4. The topological polar surface area (TPSA) is 33.5 Å². The molecule has 0 aliphatic heterocycles. The molecule has 0 unspecified atom stereocenters. The highest BCUT2D eigenvalue weighted by Gasteiger charge is 2.22. The van der Waals surface area contributed by atoms with E-state index in [1.807, 2.05) is 29.2 Å². The molecule has 1 rings (SSSR count). The Kier molecular flexibility index (Phi) is 6.40. The molecule has 1 atom stereocenters. The summed E-state index contributed by atoms with van der Waals surface area (Å²) in [6.45, 7) is 8.97. The van der Waals surface area contributed by atoms with Gasteiger partial charge in [0.15, 0.2) is 0 Å². The number of furan rings is 1. The molecule has 1 aromatic heterocycles. The molecule has 0 radical (unpaired) electrons. The Labute approximate surface area is 116 Å². The van der Waals surface area contributed by atoms with Gasteiger partial charge in [-0.2, -0.15) is 0 Å². The molecule has 0 aliphatic carbocycles. The van der Waals surface area contributed by atoms with Crippen LogP contribution in [0.3, 0.4) is 0 Å². The summed E-state index contributed by atoms with van der Waals surface area (Å²) in [6, 6.07) is 3.97. The maximum Gasteiger partial charge on any atom is 0.227 e. The average molecular weight is 263 g/mol. The Morgan fingerprint density at radius 3 is 2.63 bits per heavy atom. The van der Waals surface area contributed by atoms with E-state index in [4.69, 9.17) is 4.42 Å². The minimum Gasteiger partial charge on any atom is -0.467 e. The third-order valence-corrected chi connectivity index (χ3v) is 3.38. The third-order valence-electron chi connectivity index (χ3n) is 3.38. The van der Waals surface area contributed by atoms with Crippen LogP contribution in [0.4, 0.5) is 0 Å². The summed E-state index contributed by atoms with van der Waals surface area (Å²) in [7, 11) is 0. The second-order valence-electron chi connectivity index (χ2n) is 5.17. The number of carbonyl (C=O) groups excluding carboxylic acids is 1. The molecule has 0 saturated carbocycles. The Morgan fingerprint density at radius 1 is 1.37 bits per heavy atom. The zero-order valence-electron chi connectivity index (χ0n) is 12.4. The molecule has 3 nitrogen and oxygen atoms in total. The molecule has 0 saturated heterocycles. The lowest BCUT2D eigenvalue weighted by Crippen LogP contribution is -2.40. The fraction of sp³-hybridized carbons (Fsp3) is 0.562. The first-order valence-corrected chi connectivity index (χ1v) is 7.03. The van der Waals surface area contributed by atoms with Crippen LogP contribution in [-0.2, 0) is 11.3 Å². The standard InChI is InChI=1S/C16H25NO2/c1-5-6-7-10-16(18)17(14(4)13(2)3)12-15-9-8-11-19-15/h6-9,11,13-14H,5,10,12H2,1-4H3/b7-6+/t14-/m1/s1. The minimum absolute atomic E-state index is 0.155. The number of amides is 1. The Hall–Kier alpha value is -1.51. The second kappa shape index (κ2) is 7.82. The monoisotopic (exact) mass is 263 g/mol. The third kappa shape index (κ3) is 4.93. The fourth-order valence-corrected chi connectivity index (χ4v) is 1.86. The summed E-state index contributed by atoms with van der Waals surface area (Å²) in [5, 5.41) is 0. The summed E-state index contributed by atoms with van der Waals surface area (Å²) < 4.78 is 5.36. The van der Waals surface area contributed by atoms with Crippen molar-refractivity contribution in [1.82, 2.24) is 4.90 Å². The summed E-state index contributed by atoms with van der Waals surface area (Å²) >= 11 is 0. The fourth-order valence-electron chi connectivity index (χ4n) is 1.86. The van der Waals surface area contributed by atoms with Crippen molar-refractivity contribution in [3.05, 3.63) is 36.3 Å². The van der Waals surface area contributed by atoms with Gasteiger partial charge >= 0.3 is 0 Å². The number of hydrogen-bond acceptors (Lipinski definition) is 2. The highest BCUT2D eigenvalue weighted by molar-refractivity contribution is 5.78. The smallest absolute Gasteiger partial charge is 0.227 e. The van der Waals surface area contributed by atoms with E-state index in [0.717, 1.165) is 12.2 Å². The van der Waals surface area contributed by atoms with Crippen LogP contribution in [0.5, 0.6) is 0 Å². The molecule has 3 heteroatoms. The van der Waals surface area contributed by atoms with Gasteiger partial charge in [0, 0.05) is 12.5 Å². The molecule has 0 aromatic carbocycles. The molecular formula is C16H25NO2. The molecule has 1 heterocycles. The van der Waals surface area contributed by atoms with Gasteiger partial charge in [0.2, 0.25) is 5.91 Å². The van der Waals surface area contributed by atoms with Crippen molar-refractivity contribution in [3.63, 3.8) is 0 Å². The van der Waals surface area contributed by atoms with Crippen molar-refractivity contribution in [2.45, 2.75) is 53.1 Å². The molecule has 0 spiro atoms. The minimum atomic E-state index is 0.155. The lowest BCUT2D eigenvalue weighted by molar-refractivity contribution is -0.134. The van der Waals surface area contributed by atoms with Crippen molar-refractivity contribution in [3.8, 4) is 0 Å². The Morgan fingerprint density at radius 2 is 2.11 bits per heavy atom. The van der Waals surface area contributed by atoms with Crippen molar-refractivity contribution in [2.75, 3.05) is 0 Å². The van der Waals surface area contributed by atoms with Crippen LogP contribution >= 0.6 is 0 Å². The molecule has 0 bridgehead atoms. The molecule has 0 aliphatic rings. The van der Waals surface area contributed by atoms with Crippen molar-refractivity contribution in [1.29, 1.82) is 0 Å². The summed E-state index contributed by atoms with van der Waals surface area (Å²) in [4.78, 5) is 14.2. The lowest BCUT2D eigenvalue weighted by Gasteiger charge is -2.31. The molecule has 1 aromatic rings. The van der Waals surface area contributed by atoms with Crippen LogP contribution in [0.15, 0.2) is 35.0 Å². The summed E-state index contributed by atoms with van der Waals surface area (Å²) in [6.07, 6.45) is 7.05. The predicted octanol–water partition coefficient (Wildman–Crippen LogP) is 4.01. The van der Waals surface area contributed by atoms with Crippen LogP contribution in [-0.4, -0.2) is 16.8 Å². The Bertz CT molecular complexity index is 393. The van der Waals surface area contributed by atoms with E-state index in [0.29, 0.717) is 18.9 Å². The van der Waals surface area contributed by atoms with Gasteiger partial charge in [-0.25, -0.2) is 0 Å². The molecule has 19 heavy (non-hydrogen) atoms. The van der Waals surface area contributed by atoms with Crippen molar-refractivity contribution < 1.29 is 9.21 Å². The summed E-state index contributed by atoms with van der Waals surface area (Å²) in [5.41, 5.74) is 0. The molecule has 106 valence electrons. The molecule has 0 N–H and O–H groups in total. The van der Waals surface area contributed by atoms with Gasteiger partial charge in [0.25, 0.3) is 0 Å².